The Morgan fingerprint density at radius 1 is 1.09 bits per heavy atom. The molecule has 0 aromatic heterocycles. The van der Waals surface area contributed by atoms with Crippen molar-refractivity contribution in [3.63, 3.8) is 0 Å². The molecular weight excluding hydrogens is 411 g/mol. The van der Waals surface area contributed by atoms with Crippen molar-refractivity contribution >= 4 is 41.7 Å². The first-order valence-corrected chi connectivity index (χ1v) is 12.3. The van der Waals surface area contributed by atoms with E-state index in [-0.39, 0.29) is 11.1 Å². The van der Waals surface area contributed by atoms with E-state index in [1.807, 2.05) is 0 Å². The van der Waals surface area contributed by atoms with Gasteiger partial charge in [0.15, 0.2) is 8.32 Å². The summed E-state index contributed by atoms with van der Waals surface area (Å²) in [4.78, 5) is 0. The van der Waals surface area contributed by atoms with Crippen LogP contribution in [-0.4, -0.2) is 14.4 Å². The Bertz CT molecular complexity index is 685. The smallest absolute Gasteiger partial charge is 0.192 e. The Balaban J connectivity index is 2.21. The van der Waals surface area contributed by atoms with E-state index in [2.05, 4.69) is 109 Å². The van der Waals surface area contributed by atoms with Gasteiger partial charge < -0.3 is 4.43 Å². The number of hydrogen-bond acceptors (Lipinski definition) is 1. The van der Waals surface area contributed by atoms with Crippen LogP contribution in [0.1, 0.15) is 26.3 Å². The highest BCUT2D eigenvalue weighted by molar-refractivity contribution is 14.1. The molecule has 1 unspecified atom stereocenters. The van der Waals surface area contributed by atoms with Gasteiger partial charge in [-0.15, -0.1) is 0 Å². The van der Waals surface area contributed by atoms with Crippen molar-refractivity contribution in [2.24, 2.45) is 0 Å². The molecule has 0 saturated carbocycles. The van der Waals surface area contributed by atoms with Crippen LogP contribution in [0.2, 0.25) is 18.1 Å². The van der Waals surface area contributed by atoms with Crippen LogP contribution in [-0.2, 0) is 10.8 Å². The average molecular weight is 438 g/mol. The zero-order valence-electron chi connectivity index (χ0n) is 14.8. The second-order valence-electron chi connectivity index (χ2n) is 7.62. The lowest BCUT2D eigenvalue weighted by Gasteiger charge is -2.38. The summed E-state index contributed by atoms with van der Waals surface area (Å²) in [6, 6.07) is 15.3. The standard InChI is InChI=1S/C20H27IOSi/c1-20(2,3)23(4,5)22-19(12-13-21)15-16-10-11-17-8-6-7-9-18(17)14-16/h6-14,19H,15H2,1-5H3/b13-12+. The highest BCUT2D eigenvalue weighted by Gasteiger charge is 2.38. The minimum absolute atomic E-state index is 0.147. The maximum Gasteiger partial charge on any atom is 0.192 e. The van der Waals surface area contributed by atoms with E-state index in [9.17, 15) is 0 Å². The summed E-state index contributed by atoms with van der Waals surface area (Å²) in [5, 5.41) is 2.82. The van der Waals surface area contributed by atoms with Gasteiger partial charge in [0, 0.05) is 6.42 Å². The molecule has 2 rings (SSSR count). The zero-order valence-corrected chi connectivity index (χ0v) is 17.9. The maximum absolute atomic E-state index is 6.61. The first-order chi connectivity index (χ1) is 10.7. The maximum atomic E-state index is 6.61. The predicted octanol–water partition coefficient (Wildman–Crippen LogP) is 6.72. The van der Waals surface area contributed by atoms with E-state index < -0.39 is 8.32 Å². The number of benzene rings is 2. The van der Waals surface area contributed by atoms with Crippen molar-refractivity contribution in [2.75, 3.05) is 0 Å². The van der Waals surface area contributed by atoms with Crippen LogP contribution in [0.5, 0.6) is 0 Å². The van der Waals surface area contributed by atoms with Gasteiger partial charge in [0.05, 0.1) is 6.10 Å². The summed E-state index contributed by atoms with van der Waals surface area (Å²) >= 11 is 2.29. The predicted molar refractivity (Wildman–Crippen MR) is 113 cm³/mol. The van der Waals surface area contributed by atoms with Crippen LogP contribution in [0.3, 0.4) is 0 Å². The van der Waals surface area contributed by atoms with Crippen LogP contribution >= 0.6 is 22.6 Å². The highest BCUT2D eigenvalue weighted by atomic mass is 127. The van der Waals surface area contributed by atoms with E-state index in [4.69, 9.17) is 4.43 Å². The zero-order chi connectivity index (χ0) is 17.1. The fourth-order valence-corrected chi connectivity index (χ4v) is 4.12. The van der Waals surface area contributed by atoms with Crippen LogP contribution in [0, 0.1) is 0 Å². The minimum atomic E-state index is -1.77. The summed E-state index contributed by atoms with van der Waals surface area (Å²) in [5.41, 5.74) is 1.34. The third kappa shape index (κ3) is 4.91. The lowest BCUT2D eigenvalue weighted by molar-refractivity contribution is 0.225. The topological polar surface area (TPSA) is 9.23 Å². The van der Waals surface area contributed by atoms with Gasteiger partial charge in [0.2, 0.25) is 0 Å². The Kier molecular flexibility index (Phi) is 6.08. The molecule has 0 fully saturated rings. The quantitative estimate of drug-likeness (QED) is 0.372. The molecule has 124 valence electrons. The molecule has 1 atom stereocenters. The summed E-state index contributed by atoms with van der Waals surface area (Å²) in [5.74, 6) is 0. The number of halogens is 1. The summed E-state index contributed by atoms with van der Waals surface area (Å²) < 4.78 is 8.69. The molecule has 2 aromatic carbocycles. The van der Waals surface area contributed by atoms with E-state index in [0.717, 1.165) is 6.42 Å². The van der Waals surface area contributed by atoms with Gasteiger partial charge in [0.1, 0.15) is 0 Å². The second kappa shape index (κ2) is 7.49. The van der Waals surface area contributed by atoms with Crippen molar-refractivity contribution in [3.8, 4) is 0 Å². The van der Waals surface area contributed by atoms with Gasteiger partial charge >= 0.3 is 0 Å². The van der Waals surface area contributed by atoms with E-state index in [0.29, 0.717) is 0 Å². The summed E-state index contributed by atoms with van der Waals surface area (Å²) in [7, 11) is -1.77. The molecule has 0 aliphatic carbocycles. The van der Waals surface area contributed by atoms with Crippen molar-refractivity contribution < 1.29 is 4.43 Å². The Morgan fingerprint density at radius 3 is 2.35 bits per heavy atom. The molecule has 0 saturated heterocycles. The lowest BCUT2D eigenvalue weighted by atomic mass is 10.0. The molecular formula is C20H27IOSi. The fourth-order valence-electron chi connectivity index (χ4n) is 2.38. The van der Waals surface area contributed by atoms with E-state index >= 15 is 0 Å². The molecule has 1 nitrogen and oxygen atoms in total. The first kappa shape index (κ1) is 18.7. The fraction of sp³-hybridized carbons (Fsp3) is 0.400. The van der Waals surface area contributed by atoms with Crippen molar-refractivity contribution in [3.05, 3.63) is 58.2 Å². The van der Waals surface area contributed by atoms with Crippen molar-refractivity contribution in [1.29, 1.82) is 0 Å². The van der Waals surface area contributed by atoms with Gasteiger partial charge in [0.25, 0.3) is 0 Å². The Hall–Kier alpha value is -0.653. The normalized spacial score (nSPS) is 14.5. The summed E-state index contributed by atoms with van der Waals surface area (Å²) in [6.07, 6.45) is 3.27. The van der Waals surface area contributed by atoms with Crippen molar-refractivity contribution in [2.45, 2.75) is 51.4 Å². The van der Waals surface area contributed by atoms with E-state index in [1.165, 1.54) is 16.3 Å². The molecule has 0 aliphatic rings. The molecule has 0 radical (unpaired) electrons. The third-order valence-corrected chi connectivity index (χ3v) is 9.71. The van der Waals surface area contributed by atoms with Crippen LogP contribution in [0.25, 0.3) is 10.8 Å². The molecule has 0 amide bonds. The molecule has 0 bridgehead atoms. The molecule has 0 aliphatic heterocycles. The van der Waals surface area contributed by atoms with Crippen molar-refractivity contribution in [1.82, 2.24) is 0 Å². The highest BCUT2D eigenvalue weighted by Crippen LogP contribution is 2.37. The largest absolute Gasteiger partial charge is 0.410 e. The number of hydrogen-bond donors (Lipinski definition) is 0. The van der Waals surface area contributed by atoms with Crippen LogP contribution in [0.4, 0.5) is 0 Å². The molecule has 0 N–H and O–H groups in total. The molecule has 0 heterocycles. The van der Waals surface area contributed by atoms with Gasteiger partial charge in [-0.1, -0.05) is 91.9 Å². The van der Waals surface area contributed by atoms with Gasteiger partial charge in [-0.25, -0.2) is 0 Å². The number of rotatable bonds is 5. The van der Waals surface area contributed by atoms with Gasteiger partial charge in [-0.2, -0.15) is 0 Å². The minimum Gasteiger partial charge on any atom is -0.410 e. The third-order valence-electron chi connectivity index (χ3n) is 4.79. The van der Waals surface area contributed by atoms with Crippen LogP contribution < -0.4 is 0 Å². The monoisotopic (exact) mass is 438 g/mol. The molecule has 0 spiro atoms. The lowest BCUT2D eigenvalue weighted by Crippen LogP contribution is -2.44. The van der Waals surface area contributed by atoms with Gasteiger partial charge in [-0.3, -0.25) is 0 Å². The number of fused-ring (bicyclic) bond motifs is 1. The molecule has 23 heavy (non-hydrogen) atoms. The van der Waals surface area contributed by atoms with Gasteiger partial charge in [-0.05, 0) is 38.6 Å². The van der Waals surface area contributed by atoms with Crippen LogP contribution in [0.15, 0.2) is 52.6 Å². The Labute approximate surface area is 155 Å². The summed E-state index contributed by atoms with van der Waals surface area (Å²) in [6.45, 7) is 11.5. The SMILES string of the molecule is CC(C)(C)[Si](C)(C)OC(/C=C/I)Cc1ccc2ccccc2c1. The average Bonchev–Trinajstić information content (AvgIpc) is 2.46. The first-order valence-electron chi connectivity index (χ1n) is 8.15. The molecule has 2 aromatic rings. The molecule has 3 heteroatoms. The Morgan fingerprint density at radius 2 is 1.74 bits per heavy atom. The van der Waals surface area contributed by atoms with E-state index in [1.54, 1.807) is 0 Å². The second-order valence-corrected chi connectivity index (χ2v) is 13.1.